The number of carboxylic acid groups (broad SMARTS) is 4. The molecule has 0 amide bonds. The third-order valence-electron chi connectivity index (χ3n) is 16.7. The van der Waals surface area contributed by atoms with Gasteiger partial charge in [0.15, 0.2) is 92.4 Å². The molecule has 7 aromatic heterocycles. The van der Waals surface area contributed by atoms with Gasteiger partial charge in [-0.05, 0) is 107 Å². The molecule has 0 radical (unpaired) electrons. The van der Waals surface area contributed by atoms with Crippen LogP contribution in [0.25, 0.3) is 90.7 Å². The lowest BCUT2D eigenvalue weighted by atomic mass is 10.2. The first-order valence-electron chi connectivity index (χ1n) is 33.9. The molecule has 32 nitrogen and oxygen atoms in total. The molecular weight excluding hydrogens is 1230 g/mol. The summed E-state index contributed by atoms with van der Waals surface area (Å²) in [6, 6.07) is 0. The van der Waals surface area contributed by atoms with E-state index < -0.39 is 23.9 Å². The fourth-order valence-electron chi connectivity index (χ4n) is 11.5. The van der Waals surface area contributed by atoms with Crippen LogP contribution >= 0.6 is 0 Å². The number of hydrogen-bond acceptors (Lipinski definition) is 26. The van der Waals surface area contributed by atoms with Crippen LogP contribution in [0.15, 0.2) is 0 Å². The summed E-state index contributed by atoms with van der Waals surface area (Å²) in [6.45, 7) is 22.7. The minimum atomic E-state index is -0.845. The summed E-state index contributed by atoms with van der Waals surface area (Å²) in [4.78, 5) is 135. The highest BCUT2D eigenvalue weighted by molar-refractivity contribution is 6.03. The topological polar surface area (TPSA) is 422 Å². The van der Waals surface area contributed by atoms with E-state index in [-0.39, 0.29) is 71.6 Å². The second-order valence-corrected chi connectivity index (χ2v) is 23.2. The first-order chi connectivity index (χ1) is 46.5. The molecule has 0 saturated carbocycles. The van der Waals surface area contributed by atoms with Crippen molar-refractivity contribution in [3.8, 4) is 46.1 Å². The normalized spacial score (nSPS) is 11.6. The van der Waals surface area contributed by atoms with Crippen molar-refractivity contribution in [1.29, 1.82) is 0 Å². The van der Waals surface area contributed by atoms with Crippen molar-refractivity contribution in [2.45, 2.75) is 158 Å². The molecule has 0 saturated heterocycles. The molecule has 0 fully saturated rings. The largest absolute Gasteiger partial charge is 0.481 e. The molecule has 0 unspecified atom stereocenters. The van der Waals surface area contributed by atoms with Gasteiger partial charge in [0.05, 0.1) is 0 Å². The van der Waals surface area contributed by atoms with E-state index in [1.165, 1.54) is 0 Å². The summed E-state index contributed by atoms with van der Waals surface area (Å²) in [6.07, 6.45) is 7.70. The van der Waals surface area contributed by atoms with Crippen molar-refractivity contribution in [2.75, 3.05) is 119 Å². The summed E-state index contributed by atoms with van der Waals surface area (Å²) in [5.74, 6) is 1.15. The van der Waals surface area contributed by atoms with E-state index in [4.69, 9.17) is 69.8 Å². The van der Waals surface area contributed by atoms with Crippen molar-refractivity contribution < 1.29 is 39.6 Å². The number of unbranched alkanes of at least 4 members (excludes halogenated alkanes) is 8. The number of aliphatic carboxylic acids is 4. The minimum Gasteiger partial charge on any atom is -0.481 e. The SMILES string of the molecule is CCN(CC)c1nc2c(nc1NCCCCCC(=O)O)-c1nc-2nc2[nH]c(nc3nc(nc4[nH]c(n1)c1nc(N(CC)CC)c(NCCCCCC(=O)O)nc41)-c1nc(N(CC)CC)c(NCCCCCC(=O)O)nc1-3)c1nc(N(CC)CC)c(NCCCCCC(=O)O)nc21. The molecule has 8 bridgehead atoms. The summed E-state index contributed by atoms with van der Waals surface area (Å²) in [5, 5.41) is 51.5. The molecule has 9 heterocycles. The zero-order valence-corrected chi connectivity index (χ0v) is 56.3. The van der Waals surface area contributed by atoms with E-state index >= 15 is 0 Å². The Morgan fingerprint density at radius 2 is 0.521 bits per heavy atom. The molecule has 7 aromatic rings. The molecule has 514 valence electrons. The third kappa shape index (κ3) is 16.7. The van der Waals surface area contributed by atoms with Crippen LogP contribution in [-0.2, 0) is 19.2 Å². The number of hydrogen-bond donors (Lipinski definition) is 10. The number of carbonyl (C=O) groups is 4. The summed E-state index contributed by atoms with van der Waals surface area (Å²) in [5.41, 5.74) is 3.36. The van der Waals surface area contributed by atoms with Gasteiger partial charge in [0.1, 0.15) is 44.8 Å². The number of nitrogens with one attached hydrogen (secondary N) is 6. The number of aromatic amines is 2. The van der Waals surface area contributed by atoms with Crippen LogP contribution in [0.3, 0.4) is 0 Å². The number of carboxylic acids is 4. The molecule has 0 aromatic carbocycles. The Labute approximate surface area is 555 Å². The van der Waals surface area contributed by atoms with Gasteiger partial charge in [-0.15, -0.1) is 0 Å². The maximum absolute atomic E-state index is 11.4. The van der Waals surface area contributed by atoms with E-state index in [1.54, 1.807) is 0 Å². The Bertz CT molecular complexity index is 3810. The molecule has 96 heavy (non-hydrogen) atoms. The number of fused-ring (bicyclic) bond motifs is 20. The van der Waals surface area contributed by atoms with Crippen LogP contribution in [0.1, 0.15) is 158 Å². The Morgan fingerprint density at radius 3 is 0.771 bits per heavy atom. The molecule has 0 spiro atoms. The van der Waals surface area contributed by atoms with Crippen LogP contribution in [0, 0.1) is 0 Å². The van der Waals surface area contributed by atoms with Crippen LogP contribution in [0.2, 0.25) is 0 Å². The van der Waals surface area contributed by atoms with Gasteiger partial charge in [-0.3, -0.25) is 19.2 Å². The first kappa shape index (κ1) is 70.3. The van der Waals surface area contributed by atoms with Crippen LogP contribution < -0.4 is 40.9 Å². The van der Waals surface area contributed by atoms with Crippen molar-refractivity contribution in [2.24, 2.45) is 0 Å². The average molecular weight is 1320 g/mol. The number of anilines is 8. The Balaban J connectivity index is 1.38. The van der Waals surface area contributed by atoms with Gasteiger partial charge >= 0.3 is 23.9 Å². The summed E-state index contributed by atoms with van der Waals surface area (Å²) >= 11 is 0. The highest BCUT2D eigenvalue weighted by Gasteiger charge is 2.32. The highest BCUT2D eigenvalue weighted by atomic mass is 16.4. The lowest BCUT2D eigenvalue weighted by Gasteiger charge is -2.23. The Kier molecular flexibility index (Phi) is 24.4. The van der Waals surface area contributed by atoms with Crippen molar-refractivity contribution in [1.82, 2.24) is 79.7 Å². The van der Waals surface area contributed by atoms with Crippen LogP contribution in [0.4, 0.5) is 46.5 Å². The quantitative estimate of drug-likeness (QED) is 0.0160. The van der Waals surface area contributed by atoms with E-state index in [0.717, 1.165) is 0 Å². The first-order valence-corrected chi connectivity index (χ1v) is 33.9. The molecule has 32 heteroatoms. The summed E-state index contributed by atoms with van der Waals surface area (Å²) in [7, 11) is 0. The molecule has 9 rings (SSSR count). The van der Waals surface area contributed by atoms with Crippen LogP contribution in [0.5, 0.6) is 0 Å². The molecule has 10 N–H and O–H groups in total. The zero-order chi connectivity index (χ0) is 68.4. The molecular formula is C64H90N24O8. The van der Waals surface area contributed by atoms with Crippen LogP contribution in [-0.4, -0.2) is 203 Å². The number of nitrogens with zero attached hydrogens (tertiary/aromatic N) is 18. The molecule has 2 aliphatic heterocycles. The van der Waals surface area contributed by atoms with Crippen molar-refractivity contribution >= 4 is 115 Å². The van der Waals surface area contributed by atoms with E-state index in [0.29, 0.717) is 247 Å². The molecule has 0 atom stereocenters. The predicted octanol–water partition coefficient (Wildman–Crippen LogP) is 9.64. The average Bonchev–Trinajstić information content (AvgIpc) is 1.59. The standard InChI is InChI=1S/C64H90N24O8/c1-9-85(10-2)61-57(65-33-25-17-21-29-37(89)90)69-41-45(73-61)53-77-49(41)82-54-47-43(71-59(63(75-47)87(13-5)14-6)67-35-27-19-23-31-39(93)94)51(79-54)84-56-48-44(72-60(64(76-48)88(15-7)16-8)68-36-28-20-24-32-40(95)96)52(80-56)83-55-46-42(50(78-55)81-53)70-58(62(74-46)86(11-3)12-4)66-34-26-18-22-30-38(91)92/h9-36H2,1-8H3,(H,65,69)(H,66,70)(H,67,71)(H,68,72)(H,89,90)(H,91,92)(H,93,94)(H,95,96)(H2,77,78,79,80,81,82,83,84). The van der Waals surface area contributed by atoms with Crippen molar-refractivity contribution in [3.05, 3.63) is 0 Å². The van der Waals surface area contributed by atoms with Gasteiger partial charge in [0.2, 0.25) is 0 Å². The maximum Gasteiger partial charge on any atom is 0.303 e. The van der Waals surface area contributed by atoms with Crippen molar-refractivity contribution in [3.63, 3.8) is 0 Å². The minimum absolute atomic E-state index is 0.0678. The third-order valence-corrected chi connectivity index (χ3v) is 16.7. The second kappa shape index (κ2) is 33.4. The fourth-order valence-corrected chi connectivity index (χ4v) is 11.5. The lowest BCUT2D eigenvalue weighted by molar-refractivity contribution is -0.138. The number of aromatic nitrogens is 16. The van der Waals surface area contributed by atoms with Gasteiger partial charge in [0, 0.05) is 104 Å². The van der Waals surface area contributed by atoms with E-state index in [2.05, 4.69) is 50.8 Å². The molecule has 2 aliphatic rings. The van der Waals surface area contributed by atoms with Gasteiger partial charge in [0.25, 0.3) is 0 Å². The predicted molar refractivity (Wildman–Crippen MR) is 371 cm³/mol. The maximum atomic E-state index is 11.4. The monoisotopic (exact) mass is 1320 g/mol. The smallest absolute Gasteiger partial charge is 0.303 e. The van der Waals surface area contributed by atoms with Gasteiger partial charge in [-0.25, -0.2) is 69.8 Å². The lowest BCUT2D eigenvalue weighted by Crippen LogP contribution is -2.25. The zero-order valence-electron chi connectivity index (χ0n) is 56.3. The highest BCUT2D eigenvalue weighted by Crippen LogP contribution is 2.40. The molecule has 0 aliphatic carbocycles. The Hall–Kier alpha value is -10.0. The van der Waals surface area contributed by atoms with Gasteiger partial charge in [-0.1, -0.05) is 25.7 Å². The van der Waals surface area contributed by atoms with Gasteiger partial charge in [-0.2, -0.15) is 0 Å². The fraction of sp³-hybridized carbons (Fsp3) is 0.562. The summed E-state index contributed by atoms with van der Waals surface area (Å²) < 4.78 is 0. The van der Waals surface area contributed by atoms with E-state index in [1.807, 2.05) is 55.4 Å². The van der Waals surface area contributed by atoms with Gasteiger partial charge < -0.3 is 71.3 Å². The Morgan fingerprint density at radius 1 is 0.292 bits per heavy atom. The van der Waals surface area contributed by atoms with E-state index in [9.17, 15) is 39.6 Å². The number of H-pyrrole nitrogens is 2. The second-order valence-electron chi connectivity index (χ2n) is 23.2. The number of rotatable bonds is 40.